The molecule has 0 unspecified atom stereocenters. The second-order valence-electron chi connectivity index (χ2n) is 5.83. The Hall–Kier alpha value is -1.21. The predicted octanol–water partition coefficient (Wildman–Crippen LogP) is 2.25. The van der Waals surface area contributed by atoms with Gasteiger partial charge >= 0.3 is 6.09 Å². The molecule has 1 aromatic rings. The third-order valence-electron chi connectivity index (χ3n) is 2.91. The molecule has 1 aromatic heterocycles. The number of rotatable bonds is 2. The van der Waals surface area contributed by atoms with Crippen molar-refractivity contribution in [2.45, 2.75) is 43.1 Å². The maximum atomic E-state index is 12.4. The maximum Gasteiger partial charge on any atom is 0.410 e. The first-order chi connectivity index (χ1) is 9.76. The highest BCUT2D eigenvalue weighted by Gasteiger charge is 2.33. The van der Waals surface area contributed by atoms with Crippen LogP contribution < -0.4 is 0 Å². The van der Waals surface area contributed by atoms with Crippen molar-refractivity contribution >= 4 is 28.5 Å². The van der Waals surface area contributed by atoms with Crippen LogP contribution in [0.15, 0.2) is 17.2 Å². The molecular weight excluding hydrogens is 314 g/mol. The topological polar surface area (TPSA) is 72.4 Å². The molecule has 8 heteroatoms. The molecule has 1 fully saturated rings. The van der Waals surface area contributed by atoms with E-state index in [9.17, 15) is 9.00 Å². The van der Waals surface area contributed by atoms with Crippen molar-refractivity contribution in [3.63, 3.8) is 0 Å². The highest BCUT2D eigenvalue weighted by molar-refractivity contribution is 7.85. The summed E-state index contributed by atoms with van der Waals surface area (Å²) in [6.07, 6.45) is 0.278. The first-order valence-electron chi connectivity index (χ1n) is 6.64. The SMILES string of the molecule is CC(C)(C)OC(=O)N1CC[C@@H]([S@@](=O)c2ccc(Cl)nn2)C1. The Kier molecular flexibility index (Phi) is 4.83. The van der Waals surface area contributed by atoms with Crippen molar-refractivity contribution in [3.8, 4) is 0 Å². The Morgan fingerprint density at radius 2 is 2.14 bits per heavy atom. The number of hydrogen-bond acceptors (Lipinski definition) is 5. The summed E-state index contributed by atoms with van der Waals surface area (Å²) in [7, 11) is -1.31. The molecule has 2 atom stereocenters. The second kappa shape index (κ2) is 6.27. The van der Waals surface area contributed by atoms with Gasteiger partial charge in [0.05, 0.1) is 16.0 Å². The zero-order valence-corrected chi connectivity index (χ0v) is 13.8. The van der Waals surface area contributed by atoms with Crippen LogP contribution in [0.3, 0.4) is 0 Å². The Morgan fingerprint density at radius 1 is 1.43 bits per heavy atom. The molecule has 1 amide bonds. The average Bonchev–Trinajstić information content (AvgIpc) is 2.86. The van der Waals surface area contributed by atoms with Crippen molar-refractivity contribution in [1.82, 2.24) is 15.1 Å². The average molecular weight is 332 g/mol. The van der Waals surface area contributed by atoms with Crippen LogP contribution in [0, 0.1) is 0 Å². The van der Waals surface area contributed by atoms with Gasteiger partial charge in [-0.05, 0) is 39.3 Å². The van der Waals surface area contributed by atoms with E-state index in [0.717, 1.165) is 0 Å². The summed E-state index contributed by atoms with van der Waals surface area (Å²) in [4.78, 5) is 13.6. The Balaban J connectivity index is 1.97. The summed E-state index contributed by atoms with van der Waals surface area (Å²) < 4.78 is 17.7. The van der Waals surface area contributed by atoms with Gasteiger partial charge in [0, 0.05) is 13.1 Å². The van der Waals surface area contributed by atoms with Crippen LogP contribution in [0.1, 0.15) is 27.2 Å². The molecule has 0 radical (unpaired) electrons. The Morgan fingerprint density at radius 3 is 2.71 bits per heavy atom. The van der Waals surface area contributed by atoms with E-state index in [0.29, 0.717) is 24.5 Å². The molecule has 1 aliphatic rings. The van der Waals surface area contributed by atoms with Gasteiger partial charge in [-0.1, -0.05) is 11.6 Å². The minimum atomic E-state index is -1.31. The summed E-state index contributed by atoms with van der Waals surface area (Å²) in [5.41, 5.74) is -0.532. The highest BCUT2D eigenvalue weighted by atomic mass is 35.5. The molecule has 2 heterocycles. The van der Waals surface area contributed by atoms with Crippen molar-refractivity contribution in [2.75, 3.05) is 13.1 Å². The minimum Gasteiger partial charge on any atom is -0.444 e. The van der Waals surface area contributed by atoms with Crippen LogP contribution in [0.5, 0.6) is 0 Å². The number of ether oxygens (including phenoxy) is 1. The van der Waals surface area contributed by atoms with Crippen LogP contribution >= 0.6 is 11.6 Å². The zero-order chi connectivity index (χ0) is 15.6. The monoisotopic (exact) mass is 331 g/mol. The normalized spacial score (nSPS) is 20.4. The third kappa shape index (κ3) is 4.38. The van der Waals surface area contributed by atoms with Gasteiger partial charge in [-0.25, -0.2) is 4.79 Å². The lowest BCUT2D eigenvalue weighted by molar-refractivity contribution is 0.0295. The van der Waals surface area contributed by atoms with Crippen LogP contribution in [-0.4, -0.2) is 49.3 Å². The number of carbonyl (C=O) groups is 1. The summed E-state index contributed by atoms with van der Waals surface area (Å²) in [5.74, 6) is 0. The van der Waals surface area contributed by atoms with Crippen LogP contribution in [0.25, 0.3) is 0 Å². The molecule has 116 valence electrons. The lowest BCUT2D eigenvalue weighted by atomic mass is 10.2. The van der Waals surface area contributed by atoms with Gasteiger partial charge < -0.3 is 9.64 Å². The number of hydrogen-bond donors (Lipinski definition) is 0. The summed E-state index contributed by atoms with van der Waals surface area (Å²) in [6, 6.07) is 3.16. The van der Waals surface area contributed by atoms with E-state index in [1.165, 1.54) is 0 Å². The fourth-order valence-electron chi connectivity index (χ4n) is 1.98. The third-order valence-corrected chi connectivity index (χ3v) is 4.73. The van der Waals surface area contributed by atoms with Gasteiger partial charge in [0.15, 0.2) is 5.15 Å². The maximum absolute atomic E-state index is 12.4. The van der Waals surface area contributed by atoms with Crippen molar-refractivity contribution in [1.29, 1.82) is 0 Å². The van der Waals surface area contributed by atoms with Crippen LogP contribution in [-0.2, 0) is 15.5 Å². The second-order valence-corrected chi connectivity index (χ2v) is 7.90. The molecule has 1 saturated heterocycles. The van der Waals surface area contributed by atoms with Gasteiger partial charge in [0.2, 0.25) is 0 Å². The Bertz CT molecular complexity index is 545. The molecule has 0 saturated carbocycles. The van der Waals surface area contributed by atoms with E-state index in [1.807, 2.05) is 20.8 Å². The van der Waals surface area contributed by atoms with Gasteiger partial charge in [-0.15, -0.1) is 10.2 Å². The molecule has 1 aliphatic heterocycles. The van der Waals surface area contributed by atoms with Crippen molar-refractivity contribution in [3.05, 3.63) is 17.3 Å². The van der Waals surface area contributed by atoms with E-state index >= 15 is 0 Å². The smallest absolute Gasteiger partial charge is 0.410 e. The van der Waals surface area contributed by atoms with Gasteiger partial charge in [-0.2, -0.15) is 0 Å². The van der Waals surface area contributed by atoms with E-state index in [4.69, 9.17) is 16.3 Å². The molecule has 0 N–H and O–H groups in total. The molecule has 0 spiro atoms. The van der Waals surface area contributed by atoms with E-state index in [-0.39, 0.29) is 16.5 Å². The van der Waals surface area contributed by atoms with Crippen molar-refractivity contribution < 1.29 is 13.7 Å². The largest absolute Gasteiger partial charge is 0.444 e. The van der Waals surface area contributed by atoms with Gasteiger partial charge in [0.1, 0.15) is 10.6 Å². The number of aromatic nitrogens is 2. The lowest BCUT2D eigenvalue weighted by Gasteiger charge is -2.24. The number of amides is 1. The number of halogens is 1. The highest BCUT2D eigenvalue weighted by Crippen LogP contribution is 2.21. The molecular formula is C13H18ClN3O3S. The van der Waals surface area contributed by atoms with Crippen molar-refractivity contribution in [2.24, 2.45) is 0 Å². The first-order valence-corrected chi connectivity index (χ1v) is 8.23. The molecule has 6 nitrogen and oxygen atoms in total. The zero-order valence-electron chi connectivity index (χ0n) is 12.2. The molecule has 2 rings (SSSR count). The lowest BCUT2D eigenvalue weighted by Crippen LogP contribution is -2.36. The molecule has 0 bridgehead atoms. The van der Waals surface area contributed by atoms with E-state index in [1.54, 1.807) is 17.0 Å². The van der Waals surface area contributed by atoms with E-state index in [2.05, 4.69) is 10.2 Å². The summed E-state index contributed by atoms with van der Waals surface area (Å²) in [6.45, 7) is 6.39. The predicted molar refractivity (Wildman–Crippen MR) is 79.7 cm³/mol. The standard InChI is InChI=1S/C13H18ClN3O3S/c1-13(2,3)20-12(18)17-7-6-9(8-17)21(19)11-5-4-10(14)15-16-11/h4-5,9H,6-8H2,1-3H3/t9-,21-/m1/s1. The van der Waals surface area contributed by atoms with Crippen LogP contribution in [0.2, 0.25) is 5.15 Å². The van der Waals surface area contributed by atoms with Gasteiger partial charge in [-0.3, -0.25) is 4.21 Å². The Labute approximate surface area is 131 Å². The fourth-order valence-corrected chi connectivity index (χ4v) is 3.38. The fraction of sp³-hybridized carbons (Fsp3) is 0.615. The molecule has 0 aromatic carbocycles. The van der Waals surface area contributed by atoms with Crippen LogP contribution in [0.4, 0.5) is 4.79 Å². The molecule has 0 aliphatic carbocycles. The number of likely N-dealkylation sites (tertiary alicyclic amines) is 1. The summed E-state index contributed by atoms with van der Waals surface area (Å²) >= 11 is 5.66. The van der Waals surface area contributed by atoms with Gasteiger partial charge in [0.25, 0.3) is 0 Å². The minimum absolute atomic E-state index is 0.159. The quantitative estimate of drug-likeness (QED) is 0.831. The van der Waals surface area contributed by atoms with E-state index < -0.39 is 16.4 Å². The molecule has 21 heavy (non-hydrogen) atoms. The first kappa shape index (κ1) is 16.2. The summed E-state index contributed by atoms with van der Waals surface area (Å²) in [5, 5.41) is 8.01. The number of nitrogens with zero attached hydrogens (tertiary/aromatic N) is 3. The number of carbonyl (C=O) groups excluding carboxylic acids is 1.